The van der Waals surface area contributed by atoms with Crippen LogP contribution in [0.3, 0.4) is 0 Å². The molecule has 0 spiro atoms. The normalized spacial score (nSPS) is 11.9. The third-order valence-corrected chi connectivity index (χ3v) is 4.55. The molecule has 5 heteroatoms. The summed E-state index contributed by atoms with van der Waals surface area (Å²) in [5.41, 5.74) is 2.95. The summed E-state index contributed by atoms with van der Waals surface area (Å²) in [6.45, 7) is 0. The number of hydrogen-bond acceptors (Lipinski definition) is 2. The molecule has 5 rings (SSSR count). The highest BCUT2D eigenvalue weighted by molar-refractivity contribution is 6.13. The second-order valence-electron chi connectivity index (χ2n) is 5.84. The van der Waals surface area contributed by atoms with Gasteiger partial charge in [-0.15, -0.1) is 0 Å². The third-order valence-electron chi connectivity index (χ3n) is 4.55. The van der Waals surface area contributed by atoms with Crippen LogP contribution in [0.25, 0.3) is 44.7 Å². The Bertz CT molecular complexity index is 1070. The maximum atomic E-state index is 13.2. The highest BCUT2D eigenvalue weighted by Gasteiger charge is 2.37. The van der Waals surface area contributed by atoms with Gasteiger partial charge in [0.05, 0.1) is 5.56 Å². The number of fused-ring (bicyclic) bond motifs is 3. The predicted molar refractivity (Wildman–Crippen MR) is 87.9 cm³/mol. The van der Waals surface area contributed by atoms with Crippen molar-refractivity contribution in [3.8, 4) is 33.9 Å². The number of hydrogen-bond donors (Lipinski definition) is 1. The van der Waals surface area contributed by atoms with Gasteiger partial charge in [-0.05, 0) is 46.5 Å². The molecule has 116 valence electrons. The Morgan fingerprint density at radius 1 is 0.917 bits per heavy atom. The molecule has 4 aromatic rings. The zero-order chi connectivity index (χ0) is 16.4. The average molecular weight is 318 g/mol. The summed E-state index contributed by atoms with van der Waals surface area (Å²) in [6.07, 6.45) is 0. The quantitative estimate of drug-likeness (QED) is 0.289. The van der Waals surface area contributed by atoms with Crippen LogP contribution < -0.4 is 4.73 Å². The minimum absolute atomic E-state index is 0.0755. The molecular weight excluding hydrogens is 307 g/mol. The fourth-order valence-electron chi connectivity index (χ4n) is 3.55. The van der Waals surface area contributed by atoms with Crippen LogP contribution in [0.15, 0.2) is 60.7 Å². The highest BCUT2D eigenvalue weighted by atomic mass is 19.1. The van der Waals surface area contributed by atoms with Crippen LogP contribution in [0.4, 0.5) is 4.39 Å². The molecule has 0 saturated heterocycles. The molecule has 0 saturated carbocycles. The zero-order valence-electron chi connectivity index (χ0n) is 12.4. The van der Waals surface area contributed by atoms with E-state index in [2.05, 4.69) is 0 Å². The fraction of sp³-hybridized carbons (Fsp3) is 0. The van der Waals surface area contributed by atoms with E-state index in [1.165, 1.54) is 24.3 Å². The summed E-state index contributed by atoms with van der Waals surface area (Å²) >= 11 is 0. The van der Waals surface area contributed by atoms with E-state index in [0.29, 0.717) is 17.0 Å². The van der Waals surface area contributed by atoms with Gasteiger partial charge in [0.15, 0.2) is 5.69 Å². The molecule has 4 nitrogen and oxygen atoms in total. The number of benzene rings is 3. The van der Waals surface area contributed by atoms with Gasteiger partial charge in [0.2, 0.25) is 5.69 Å². The molecule has 0 bridgehead atoms. The van der Waals surface area contributed by atoms with Gasteiger partial charge in [0, 0.05) is 16.5 Å². The lowest BCUT2D eigenvalue weighted by atomic mass is 10.0. The van der Waals surface area contributed by atoms with Crippen LogP contribution in [0.5, 0.6) is 0 Å². The molecule has 0 fully saturated rings. The first-order chi connectivity index (χ1) is 11.7. The first-order valence-corrected chi connectivity index (χ1v) is 7.53. The Balaban J connectivity index is 1.87. The van der Waals surface area contributed by atoms with Crippen molar-refractivity contribution in [1.29, 1.82) is 0 Å². The van der Waals surface area contributed by atoms with Crippen molar-refractivity contribution in [3.05, 3.63) is 71.7 Å². The molecule has 24 heavy (non-hydrogen) atoms. The topological polar surface area (TPSA) is 52.1 Å². The highest BCUT2D eigenvalue weighted by Crippen LogP contribution is 2.46. The first kappa shape index (κ1) is 13.1. The fourth-order valence-corrected chi connectivity index (χ4v) is 3.55. The molecule has 1 aliphatic carbocycles. The lowest BCUT2D eigenvalue weighted by Crippen LogP contribution is -2.29. The van der Waals surface area contributed by atoms with Gasteiger partial charge in [-0.3, -0.25) is 0 Å². The molecule has 0 aliphatic heterocycles. The summed E-state index contributed by atoms with van der Waals surface area (Å²) in [5, 5.41) is 25.6. The van der Waals surface area contributed by atoms with E-state index in [0.717, 1.165) is 31.4 Å². The van der Waals surface area contributed by atoms with Crippen molar-refractivity contribution in [3.63, 3.8) is 0 Å². The van der Waals surface area contributed by atoms with Crippen molar-refractivity contribution in [2.75, 3.05) is 0 Å². The number of nitrogens with zero attached hydrogens (tertiary/aromatic N) is 2. The smallest absolute Gasteiger partial charge is 0.332 e. The molecule has 0 atom stereocenters. The number of imidazole rings is 1. The lowest BCUT2D eigenvalue weighted by molar-refractivity contribution is -0.582. The van der Waals surface area contributed by atoms with Gasteiger partial charge in [-0.1, -0.05) is 24.3 Å². The Morgan fingerprint density at radius 2 is 1.58 bits per heavy atom. The molecule has 1 N–H and O–H groups in total. The van der Waals surface area contributed by atoms with Gasteiger partial charge < -0.3 is 10.4 Å². The van der Waals surface area contributed by atoms with Crippen molar-refractivity contribution in [1.82, 2.24) is 4.73 Å². The van der Waals surface area contributed by atoms with E-state index in [1.807, 2.05) is 36.4 Å². The van der Waals surface area contributed by atoms with Crippen LogP contribution >= 0.6 is 0 Å². The summed E-state index contributed by atoms with van der Waals surface area (Å²) in [7, 11) is 0. The van der Waals surface area contributed by atoms with E-state index < -0.39 is 5.82 Å². The minimum Gasteiger partial charge on any atom is -0.710 e. The second kappa shape index (κ2) is 4.35. The van der Waals surface area contributed by atoms with E-state index in [4.69, 9.17) is 0 Å². The Labute approximate surface area is 136 Å². The Kier molecular flexibility index (Phi) is 2.38. The molecular formula is C19H11FN2O2. The van der Waals surface area contributed by atoms with Crippen LogP contribution in [-0.4, -0.2) is 9.94 Å². The van der Waals surface area contributed by atoms with Gasteiger partial charge in [-0.25, -0.2) is 9.12 Å². The number of halogens is 1. The monoisotopic (exact) mass is 318 g/mol. The summed E-state index contributed by atoms with van der Waals surface area (Å²) in [6, 6.07) is 17.0. The maximum Gasteiger partial charge on any atom is 0.332 e. The number of aromatic nitrogens is 2. The standard InChI is InChI=1S/C19H11FN2O2/c20-13-9-7-12(8-10-13)19-21(23)17-14-5-1-3-11-4-2-6-15(16(11)14)18(17)22(19)24/h1-10,23H. The van der Waals surface area contributed by atoms with E-state index in [9.17, 15) is 14.8 Å². The zero-order valence-corrected chi connectivity index (χ0v) is 12.4. The Hall–Kier alpha value is -3.34. The molecule has 0 radical (unpaired) electrons. The molecule has 1 aromatic heterocycles. The van der Waals surface area contributed by atoms with Gasteiger partial charge in [0.1, 0.15) is 5.82 Å². The minimum atomic E-state index is -0.394. The lowest BCUT2D eigenvalue weighted by Gasteiger charge is -2.07. The van der Waals surface area contributed by atoms with Crippen LogP contribution in [-0.2, 0) is 0 Å². The average Bonchev–Trinajstić information content (AvgIpc) is 3.06. The van der Waals surface area contributed by atoms with E-state index in [-0.39, 0.29) is 5.82 Å². The van der Waals surface area contributed by atoms with Gasteiger partial charge >= 0.3 is 5.82 Å². The predicted octanol–water partition coefficient (Wildman–Crippen LogP) is 3.97. The van der Waals surface area contributed by atoms with Gasteiger partial charge in [0.25, 0.3) is 0 Å². The molecule has 0 amide bonds. The van der Waals surface area contributed by atoms with E-state index in [1.54, 1.807) is 0 Å². The van der Waals surface area contributed by atoms with Gasteiger partial charge in [-0.2, -0.15) is 0 Å². The summed E-state index contributed by atoms with van der Waals surface area (Å²) in [5.74, 6) is -0.318. The largest absolute Gasteiger partial charge is 0.710 e. The molecule has 1 heterocycles. The number of rotatable bonds is 1. The first-order valence-electron chi connectivity index (χ1n) is 7.53. The second-order valence-corrected chi connectivity index (χ2v) is 5.84. The van der Waals surface area contributed by atoms with Crippen LogP contribution in [0, 0.1) is 11.0 Å². The Morgan fingerprint density at radius 3 is 2.29 bits per heavy atom. The molecule has 1 aliphatic rings. The molecule has 0 unspecified atom stereocenters. The molecule has 3 aromatic carbocycles. The van der Waals surface area contributed by atoms with Crippen LogP contribution in [0.1, 0.15) is 0 Å². The van der Waals surface area contributed by atoms with E-state index >= 15 is 0 Å². The maximum absolute atomic E-state index is 13.2. The summed E-state index contributed by atoms with van der Waals surface area (Å²) < 4.78 is 14.8. The summed E-state index contributed by atoms with van der Waals surface area (Å²) in [4.78, 5) is 0. The van der Waals surface area contributed by atoms with Crippen molar-refractivity contribution >= 4 is 10.8 Å². The van der Waals surface area contributed by atoms with Crippen molar-refractivity contribution in [2.45, 2.75) is 0 Å². The van der Waals surface area contributed by atoms with Crippen LogP contribution in [0.2, 0.25) is 0 Å². The van der Waals surface area contributed by atoms with Crippen molar-refractivity contribution in [2.24, 2.45) is 0 Å². The third kappa shape index (κ3) is 1.48. The SMILES string of the molecule is [O-][n+]1c2c(n(O)c1-c1ccc(F)cc1)-c1cccc3cccc-2c13. The van der Waals surface area contributed by atoms with Crippen molar-refractivity contribution < 1.29 is 14.3 Å².